The maximum Gasteiger partial charge on any atom is 0.274 e. The Morgan fingerprint density at radius 3 is 2.61 bits per heavy atom. The Labute approximate surface area is 163 Å². The highest BCUT2D eigenvalue weighted by Crippen LogP contribution is 2.25. The monoisotopic (exact) mass is 399 g/mol. The summed E-state index contributed by atoms with van der Waals surface area (Å²) in [5, 5.41) is 7.59. The van der Waals surface area contributed by atoms with Crippen LogP contribution in [0.15, 0.2) is 47.6 Å². The summed E-state index contributed by atoms with van der Waals surface area (Å²) >= 11 is 0. The lowest BCUT2D eigenvalue weighted by Gasteiger charge is -2.29. The molecule has 0 aliphatic carbocycles. The average Bonchev–Trinajstić information content (AvgIpc) is 3.06. The number of anilines is 1. The molecule has 2 aromatic carbocycles. The van der Waals surface area contributed by atoms with Crippen molar-refractivity contribution in [2.75, 3.05) is 23.5 Å². The van der Waals surface area contributed by atoms with Crippen LogP contribution in [0.3, 0.4) is 0 Å². The largest absolute Gasteiger partial charge is 0.310 e. The van der Waals surface area contributed by atoms with E-state index >= 15 is 0 Å². The summed E-state index contributed by atoms with van der Waals surface area (Å²) in [7, 11) is -1.47. The minimum absolute atomic E-state index is 0.0528. The van der Waals surface area contributed by atoms with Crippen molar-refractivity contribution in [3.63, 3.8) is 0 Å². The van der Waals surface area contributed by atoms with E-state index in [2.05, 4.69) is 5.10 Å². The molecule has 0 spiro atoms. The molecular weight excluding hydrogens is 378 g/mol. The van der Waals surface area contributed by atoms with Crippen molar-refractivity contribution < 1.29 is 18.0 Å². The molecule has 0 bridgehead atoms. The molecular formula is C20H21N3O4S. The molecule has 2 heterocycles. The molecule has 28 heavy (non-hydrogen) atoms. The summed E-state index contributed by atoms with van der Waals surface area (Å²) in [6.45, 7) is 0. The summed E-state index contributed by atoms with van der Waals surface area (Å²) in [6, 6.07) is 13.2. The maximum absolute atomic E-state index is 13.0. The van der Waals surface area contributed by atoms with Crippen molar-refractivity contribution in [3.8, 4) is 0 Å². The van der Waals surface area contributed by atoms with Crippen LogP contribution in [-0.4, -0.2) is 55.5 Å². The molecule has 0 saturated carbocycles. The van der Waals surface area contributed by atoms with Gasteiger partial charge in [-0.05, 0) is 29.3 Å². The number of carbonyl (C=O) groups excluding carboxylic acids is 2. The standard InChI is InChI=1S/C20H21N3O4S/c1-22(16-7-6-14-4-2-3-5-15(14)12-16)20(25)18-8-9-19(24)23(21-18)17-10-11-28(26,27)13-17/h2-7,12,17H,8-11,13H2,1H3. The topological polar surface area (TPSA) is 87.1 Å². The molecule has 1 saturated heterocycles. The number of amides is 2. The van der Waals surface area contributed by atoms with Gasteiger partial charge in [0, 0.05) is 25.6 Å². The number of rotatable bonds is 3. The Balaban J connectivity index is 1.58. The second kappa shape index (κ2) is 7.01. The van der Waals surface area contributed by atoms with Crippen molar-refractivity contribution >= 4 is 43.8 Å². The Hall–Kier alpha value is -2.74. The summed E-state index contributed by atoms with van der Waals surface area (Å²) in [5.41, 5.74) is 1.01. The number of hydrazone groups is 1. The number of carbonyl (C=O) groups is 2. The molecule has 1 unspecified atom stereocenters. The first kappa shape index (κ1) is 18.6. The molecule has 7 nitrogen and oxygen atoms in total. The number of sulfone groups is 1. The van der Waals surface area contributed by atoms with Gasteiger partial charge in [-0.3, -0.25) is 9.59 Å². The van der Waals surface area contributed by atoms with E-state index in [1.165, 1.54) is 9.91 Å². The molecule has 2 aromatic rings. The van der Waals surface area contributed by atoms with Crippen LogP contribution >= 0.6 is 0 Å². The zero-order valence-corrected chi connectivity index (χ0v) is 16.4. The lowest BCUT2D eigenvalue weighted by Crippen LogP contribution is -2.44. The predicted molar refractivity (Wildman–Crippen MR) is 108 cm³/mol. The van der Waals surface area contributed by atoms with Crippen LogP contribution in [0.2, 0.25) is 0 Å². The normalized spacial score (nSPS) is 21.6. The van der Waals surface area contributed by atoms with Crippen LogP contribution in [0, 0.1) is 0 Å². The zero-order chi connectivity index (χ0) is 19.9. The van der Waals surface area contributed by atoms with E-state index < -0.39 is 15.9 Å². The van der Waals surface area contributed by atoms with Gasteiger partial charge in [-0.1, -0.05) is 30.3 Å². The van der Waals surface area contributed by atoms with Crippen molar-refractivity contribution in [1.29, 1.82) is 0 Å². The van der Waals surface area contributed by atoms with Gasteiger partial charge in [-0.25, -0.2) is 13.4 Å². The van der Waals surface area contributed by atoms with E-state index in [9.17, 15) is 18.0 Å². The van der Waals surface area contributed by atoms with Crippen LogP contribution < -0.4 is 4.90 Å². The third-order valence-electron chi connectivity index (χ3n) is 5.29. The van der Waals surface area contributed by atoms with Crippen LogP contribution in [0.4, 0.5) is 5.69 Å². The van der Waals surface area contributed by atoms with Gasteiger partial charge in [0.1, 0.15) is 5.71 Å². The molecule has 4 rings (SSSR count). The lowest BCUT2D eigenvalue weighted by molar-refractivity contribution is -0.133. The van der Waals surface area contributed by atoms with Crippen molar-refractivity contribution in [3.05, 3.63) is 42.5 Å². The zero-order valence-electron chi connectivity index (χ0n) is 15.5. The van der Waals surface area contributed by atoms with E-state index in [0.717, 1.165) is 16.5 Å². The molecule has 0 radical (unpaired) electrons. The Morgan fingerprint density at radius 2 is 1.89 bits per heavy atom. The lowest BCUT2D eigenvalue weighted by atomic mass is 10.1. The minimum Gasteiger partial charge on any atom is -0.310 e. The van der Waals surface area contributed by atoms with Gasteiger partial charge in [0.15, 0.2) is 9.84 Å². The van der Waals surface area contributed by atoms with Crippen molar-refractivity contribution in [2.24, 2.45) is 5.10 Å². The van der Waals surface area contributed by atoms with Gasteiger partial charge in [-0.2, -0.15) is 5.10 Å². The summed E-state index contributed by atoms with van der Waals surface area (Å²) in [6.07, 6.45) is 0.776. The Kier molecular flexibility index (Phi) is 4.66. The van der Waals surface area contributed by atoms with Crippen LogP contribution in [0.1, 0.15) is 19.3 Å². The number of fused-ring (bicyclic) bond motifs is 1. The Morgan fingerprint density at radius 1 is 1.14 bits per heavy atom. The fourth-order valence-electron chi connectivity index (χ4n) is 3.68. The molecule has 2 aliphatic heterocycles. The molecule has 0 aromatic heterocycles. The van der Waals surface area contributed by atoms with Crippen LogP contribution in [0.5, 0.6) is 0 Å². The SMILES string of the molecule is CN(C(=O)C1=NN(C2CCS(=O)(=O)C2)C(=O)CC1)c1ccc2ccccc2c1. The third-order valence-corrected chi connectivity index (χ3v) is 7.04. The van der Waals surface area contributed by atoms with Gasteiger partial charge in [0.05, 0.1) is 17.5 Å². The van der Waals surface area contributed by atoms with Gasteiger partial charge in [-0.15, -0.1) is 0 Å². The first-order chi connectivity index (χ1) is 13.3. The van der Waals surface area contributed by atoms with Gasteiger partial charge in [0.25, 0.3) is 5.91 Å². The highest BCUT2D eigenvalue weighted by atomic mass is 32.2. The fraction of sp³-hybridized carbons (Fsp3) is 0.350. The predicted octanol–water partition coefficient (Wildman–Crippen LogP) is 1.97. The number of hydrogen-bond donors (Lipinski definition) is 0. The second-order valence-corrected chi connectivity index (χ2v) is 9.47. The number of hydrogen-bond acceptors (Lipinski definition) is 5. The summed E-state index contributed by atoms with van der Waals surface area (Å²) in [4.78, 5) is 26.7. The number of benzene rings is 2. The van der Waals surface area contributed by atoms with Gasteiger partial charge < -0.3 is 4.90 Å². The molecule has 8 heteroatoms. The van der Waals surface area contributed by atoms with E-state index in [0.29, 0.717) is 6.42 Å². The molecule has 1 atom stereocenters. The van der Waals surface area contributed by atoms with Gasteiger partial charge >= 0.3 is 0 Å². The van der Waals surface area contributed by atoms with Crippen LogP contribution in [0.25, 0.3) is 10.8 Å². The molecule has 1 fully saturated rings. The third kappa shape index (κ3) is 3.52. The molecule has 2 aliphatic rings. The minimum atomic E-state index is -3.14. The average molecular weight is 399 g/mol. The van der Waals surface area contributed by atoms with Crippen molar-refractivity contribution in [1.82, 2.24) is 5.01 Å². The van der Waals surface area contributed by atoms with Gasteiger partial charge in [0.2, 0.25) is 5.91 Å². The van der Waals surface area contributed by atoms with E-state index in [1.807, 2.05) is 42.5 Å². The summed E-state index contributed by atoms with van der Waals surface area (Å²) < 4.78 is 23.5. The highest BCUT2D eigenvalue weighted by molar-refractivity contribution is 7.91. The van der Waals surface area contributed by atoms with E-state index in [-0.39, 0.29) is 41.9 Å². The van der Waals surface area contributed by atoms with Crippen LogP contribution in [-0.2, 0) is 19.4 Å². The highest BCUT2D eigenvalue weighted by Gasteiger charge is 2.37. The quantitative estimate of drug-likeness (QED) is 0.790. The smallest absolute Gasteiger partial charge is 0.274 e. The molecule has 0 N–H and O–H groups in total. The first-order valence-corrected chi connectivity index (χ1v) is 11.0. The molecule has 2 amide bonds. The maximum atomic E-state index is 13.0. The Bertz CT molecular complexity index is 1090. The van der Waals surface area contributed by atoms with E-state index in [4.69, 9.17) is 0 Å². The fourth-order valence-corrected chi connectivity index (χ4v) is 5.37. The number of nitrogens with zero attached hydrogens (tertiary/aromatic N) is 3. The summed E-state index contributed by atoms with van der Waals surface area (Å²) in [5.74, 6) is -0.554. The van der Waals surface area contributed by atoms with Crippen molar-refractivity contribution in [2.45, 2.75) is 25.3 Å². The first-order valence-electron chi connectivity index (χ1n) is 9.21. The second-order valence-electron chi connectivity index (χ2n) is 7.24. The molecule has 146 valence electrons. The van der Waals surface area contributed by atoms with E-state index in [1.54, 1.807) is 7.05 Å².